The maximum absolute atomic E-state index is 14.1. The highest BCUT2D eigenvalue weighted by molar-refractivity contribution is 6.62. The van der Waals surface area contributed by atoms with Crippen LogP contribution in [-0.4, -0.2) is 18.3 Å². The Morgan fingerprint density at radius 1 is 1.10 bits per heavy atom. The van der Waals surface area contributed by atoms with E-state index in [2.05, 4.69) is 13.8 Å². The summed E-state index contributed by atoms with van der Waals surface area (Å²) >= 11 is 0. The summed E-state index contributed by atoms with van der Waals surface area (Å²) in [4.78, 5) is 0. The molecule has 0 spiro atoms. The summed E-state index contributed by atoms with van der Waals surface area (Å²) in [6, 6.07) is 5.13. The molecule has 0 aromatic heterocycles. The van der Waals surface area contributed by atoms with Gasteiger partial charge in [0, 0.05) is 0 Å². The van der Waals surface area contributed by atoms with Crippen LogP contribution in [0, 0.1) is 11.7 Å². The molecule has 2 nitrogen and oxygen atoms in total. The predicted octanol–water partition coefficient (Wildman–Crippen LogP) is 3.32. The SMILES string of the molecule is CC(C)Cc1c(F)cccc1B1OC(C)(C)C(C)(C)O1. The number of rotatable bonds is 3. The summed E-state index contributed by atoms with van der Waals surface area (Å²) in [7, 11) is -0.496. The molecule has 0 bridgehead atoms. The predicted molar refractivity (Wildman–Crippen MR) is 80.7 cm³/mol. The zero-order chi connectivity index (χ0) is 15.1. The Morgan fingerprint density at radius 2 is 1.65 bits per heavy atom. The van der Waals surface area contributed by atoms with Crippen LogP contribution in [0.2, 0.25) is 0 Å². The van der Waals surface area contributed by atoms with Crippen LogP contribution in [0.25, 0.3) is 0 Å². The van der Waals surface area contributed by atoms with Crippen LogP contribution in [0.4, 0.5) is 4.39 Å². The Kier molecular flexibility index (Phi) is 4.00. The number of hydrogen-bond donors (Lipinski definition) is 0. The van der Waals surface area contributed by atoms with Crippen LogP contribution >= 0.6 is 0 Å². The van der Waals surface area contributed by atoms with Gasteiger partial charge in [-0.05, 0) is 57.1 Å². The molecular weight excluding hydrogens is 254 g/mol. The van der Waals surface area contributed by atoms with E-state index >= 15 is 0 Å². The van der Waals surface area contributed by atoms with Crippen molar-refractivity contribution >= 4 is 12.6 Å². The largest absolute Gasteiger partial charge is 0.495 e. The Balaban J connectivity index is 2.37. The Labute approximate surface area is 121 Å². The number of benzene rings is 1. The molecule has 0 aliphatic carbocycles. The zero-order valence-electron chi connectivity index (χ0n) is 13.3. The average molecular weight is 278 g/mol. The number of halogens is 1. The first kappa shape index (κ1) is 15.5. The van der Waals surface area contributed by atoms with Gasteiger partial charge in [0.05, 0.1) is 11.2 Å². The summed E-state index contributed by atoms with van der Waals surface area (Å²) in [5, 5.41) is 0. The first-order valence-corrected chi connectivity index (χ1v) is 7.27. The van der Waals surface area contributed by atoms with Crippen molar-refractivity contribution in [1.82, 2.24) is 0 Å². The first-order valence-electron chi connectivity index (χ1n) is 7.27. The van der Waals surface area contributed by atoms with E-state index in [9.17, 15) is 4.39 Å². The fourth-order valence-electron chi connectivity index (χ4n) is 2.39. The summed E-state index contributed by atoms with van der Waals surface area (Å²) in [6.45, 7) is 12.2. The second kappa shape index (κ2) is 5.16. The molecule has 0 N–H and O–H groups in total. The molecule has 1 heterocycles. The minimum atomic E-state index is -0.496. The standard InChI is InChI=1S/C16H24BFO2/c1-11(2)10-12-13(8-7-9-14(12)18)17-19-15(3,4)16(5,6)20-17/h7-9,11H,10H2,1-6H3. The minimum Gasteiger partial charge on any atom is -0.399 e. The zero-order valence-corrected chi connectivity index (χ0v) is 13.3. The molecule has 0 radical (unpaired) electrons. The highest BCUT2D eigenvalue weighted by atomic mass is 19.1. The molecule has 1 saturated heterocycles. The fourth-order valence-corrected chi connectivity index (χ4v) is 2.39. The van der Waals surface area contributed by atoms with E-state index in [1.165, 1.54) is 6.07 Å². The quantitative estimate of drug-likeness (QED) is 0.790. The van der Waals surface area contributed by atoms with E-state index in [0.717, 1.165) is 5.46 Å². The summed E-state index contributed by atoms with van der Waals surface area (Å²) in [5.74, 6) is 0.207. The van der Waals surface area contributed by atoms with Crippen LogP contribution in [0.3, 0.4) is 0 Å². The summed E-state index contributed by atoms with van der Waals surface area (Å²) in [5.41, 5.74) is 0.719. The lowest BCUT2D eigenvalue weighted by Crippen LogP contribution is -2.41. The topological polar surface area (TPSA) is 18.5 Å². The van der Waals surface area contributed by atoms with Crippen molar-refractivity contribution in [3.8, 4) is 0 Å². The molecule has 0 atom stereocenters. The normalized spacial score (nSPS) is 20.7. The Hall–Kier alpha value is -0.865. The highest BCUT2D eigenvalue weighted by Gasteiger charge is 2.52. The van der Waals surface area contributed by atoms with Gasteiger partial charge in [-0.2, -0.15) is 0 Å². The molecule has 4 heteroatoms. The average Bonchev–Trinajstić information content (AvgIpc) is 2.50. The van der Waals surface area contributed by atoms with Crippen molar-refractivity contribution in [2.45, 2.75) is 59.2 Å². The van der Waals surface area contributed by atoms with Gasteiger partial charge >= 0.3 is 7.12 Å². The molecule has 110 valence electrons. The molecule has 1 fully saturated rings. The first-order chi connectivity index (χ1) is 9.14. The van der Waals surface area contributed by atoms with E-state index in [-0.39, 0.29) is 5.82 Å². The van der Waals surface area contributed by atoms with Gasteiger partial charge in [0.1, 0.15) is 5.82 Å². The lowest BCUT2D eigenvalue weighted by atomic mass is 9.74. The third-order valence-corrected chi connectivity index (χ3v) is 4.27. The van der Waals surface area contributed by atoms with Crippen molar-refractivity contribution in [1.29, 1.82) is 0 Å². The van der Waals surface area contributed by atoms with Crippen LogP contribution in [-0.2, 0) is 15.7 Å². The van der Waals surface area contributed by atoms with E-state index in [0.29, 0.717) is 17.9 Å². The molecule has 2 rings (SSSR count). The third kappa shape index (κ3) is 2.77. The molecule has 0 saturated carbocycles. The van der Waals surface area contributed by atoms with Gasteiger partial charge in [-0.1, -0.05) is 26.0 Å². The van der Waals surface area contributed by atoms with Crippen molar-refractivity contribution in [3.63, 3.8) is 0 Å². The molecule has 0 unspecified atom stereocenters. The van der Waals surface area contributed by atoms with Crippen molar-refractivity contribution in [2.24, 2.45) is 5.92 Å². The van der Waals surface area contributed by atoms with Crippen molar-refractivity contribution in [2.75, 3.05) is 0 Å². The van der Waals surface area contributed by atoms with Crippen molar-refractivity contribution < 1.29 is 13.7 Å². The van der Waals surface area contributed by atoms with E-state index in [1.54, 1.807) is 6.07 Å². The molecule has 20 heavy (non-hydrogen) atoms. The van der Waals surface area contributed by atoms with E-state index < -0.39 is 18.3 Å². The highest BCUT2D eigenvalue weighted by Crippen LogP contribution is 2.36. The lowest BCUT2D eigenvalue weighted by molar-refractivity contribution is 0.00578. The van der Waals surface area contributed by atoms with E-state index in [1.807, 2.05) is 33.8 Å². The Morgan fingerprint density at radius 3 is 2.15 bits per heavy atom. The maximum Gasteiger partial charge on any atom is 0.495 e. The van der Waals surface area contributed by atoms with Gasteiger partial charge in [0.15, 0.2) is 0 Å². The molecule has 1 aliphatic heterocycles. The minimum absolute atomic E-state index is 0.175. The third-order valence-electron chi connectivity index (χ3n) is 4.27. The second-order valence-electron chi connectivity index (χ2n) is 6.99. The molecular formula is C16H24BFO2. The van der Waals surface area contributed by atoms with Gasteiger partial charge in [0.2, 0.25) is 0 Å². The van der Waals surface area contributed by atoms with Crippen LogP contribution in [0.5, 0.6) is 0 Å². The summed E-state index contributed by atoms with van der Waals surface area (Å²) < 4.78 is 26.2. The molecule has 1 aromatic rings. The van der Waals surface area contributed by atoms with Crippen LogP contribution in [0.1, 0.15) is 47.1 Å². The molecule has 1 aliphatic rings. The van der Waals surface area contributed by atoms with Gasteiger partial charge in [0.25, 0.3) is 0 Å². The van der Waals surface area contributed by atoms with Crippen LogP contribution in [0.15, 0.2) is 18.2 Å². The molecule has 0 amide bonds. The number of hydrogen-bond acceptors (Lipinski definition) is 2. The second-order valence-corrected chi connectivity index (χ2v) is 6.99. The maximum atomic E-state index is 14.1. The van der Waals surface area contributed by atoms with Gasteiger partial charge in [-0.3, -0.25) is 0 Å². The Bertz CT molecular complexity index is 481. The van der Waals surface area contributed by atoms with Crippen molar-refractivity contribution in [3.05, 3.63) is 29.6 Å². The van der Waals surface area contributed by atoms with Gasteiger partial charge < -0.3 is 9.31 Å². The van der Waals surface area contributed by atoms with E-state index in [4.69, 9.17) is 9.31 Å². The monoisotopic (exact) mass is 278 g/mol. The fraction of sp³-hybridized carbons (Fsp3) is 0.625. The summed E-state index contributed by atoms with van der Waals surface area (Å²) in [6.07, 6.45) is 0.687. The smallest absolute Gasteiger partial charge is 0.399 e. The lowest BCUT2D eigenvalue weighted by Gasteiger charge is -2.32. The van der Waals surface area contributed by atoms with Gasteiger partial charge in [-0.15, -0.1) is 0 Å². The molecule has 1 aromatic carbocycles. The van der Waals surface area contributed by atoms with Gasteiger partial charge in [-0.25, -0.2) is 4.39 Å². The van der Waals surface area contributed by atoms with Crippen LogP contribution < -0.4 is 5.46 Å².